The molecule has 1 aromatic carbocycles. The van der Waals surface area contributed by atoms with E-state index in [2.05, 4.69) is 11.8 Å². The Hall–Kier alpha value is -1.39. The molecular formula is C16H23NO3. The van der Waals surface area contributed by atoms with E-state index in [1.54, 1.807) is 6.92 Å². The van der Waals surface area contributed by atoms with Crippen LogP contribution in [0.25, 0.3) is 0 Å². The van der Waals surface area contributed by atoms with E-state index in [0.717, 1.165) is 43.1 Å². The van der Waals surface area contributed by atoms with E-state index in [0.29, 0.717) is 6.61 Å². The number of ether oxygens (including phenoxy) is 2. The molecule has 20 heavy (non-hydrogen) atoms. The molecule has 1 aromatic rings. The number of nitrogens with zero attached hydrogens (tertiary/aromatic N) is 1. The number of ketones is 1. The number of carbonyl (C=O) groups is 1. The molecule has 0 aromatic heterocycles. The molecule has 1 aliphatic rings. The fraction of sp³-hybridized carbons (Fsp3) is 0.562. The maximum absolute atomic E-state index is 11.5. The smallest absolute Gasteiger partial charge is 0.159 e. The lowest BCUT2D eigenvalue weighted by Crippen LogP contribution is -2.40. The number of hydrogen-bond donors (Lipinski definition) is 0. The lowest BCUT2D eigenvalue weighted by atomic mass is 10.1. The van der Waals surface area contributed by atoms with Crippen LogP contribution in [0.5, 0.6) is 5.75 Å². The second-order valence-corrected chi connectivity index (χ2v) is 5.23. The highest BCUT2D eigenvalue weighted by Gasteiger charge is 2.18. The van der Waals surface area contributed by atoms with E-state index in [9.17, 15) is 4.79 Å². The first-order valence-electron chi connectivity index (χ1n) is 7.20. The van der Waals surface area contributed by atoms with Crippen molar-refractivity contribution >= 4 is 5.78 Å². The van der Waals surface area contributed by atoms with E-state index >= 15 is 0 Å². The minimum Gasteiger partial charge on any atom is -0.494 e. The largest absolute Gasteiger partial charge is 0.494 e. The van der Waals surface area contributed by atoms with Gasteiger partial charge in [0.1, 0.15) is 5.75 Å². The third kappa shape index (κ3) is 3.81. The molecule has 4 heteroatoms. The first-order valence-corrected chi connectivity index (χ1v) is 7.20. The Balaban J connectivity index is 2.18. The number of hydrogen-bond acceptors (Lipinski definition) is 4. The molecule has 0 saturated carbocycles. The van der Waals surface area contributed by atoms with Crippen LogP contribution in [0.15, 0.2) is 18.2 Å². The van der Waals surface area contributed by atoms with Crippen LogP contribution in [-0.4, -0.2) is 43.1 Å². The van der Waals surface area contributed by atoms with Gasteiger partial charge in [-0.2, -0.15) is 0 Å². The Morgan fingerprint density at radius 2 is 2.30 bits per heavy atom. The van der Waals surface area contributed by atoms with Crippen LogP contribution in [0.1, 0.15) is 36.7 Å². The molecule has 0 N–H and O–H groups in total. The Labute approximate surface area is 120 Å². The monoisotopic (exact) mass is 277 g/mol. The summed E-state index contributed by atoms with van der Waals surface area (Å²) < 4.78 is 11.2. The van der Waals surface area contributed by atoms with Gasteiger partial charge in [-0.25, -0.2) is 0 Å². The fourth-order valence-corrected chi connectivity index (χ4v) is 2.49. The van der Waals surface area contributed by atoms with Crippen LogP contribution in [0, 0.1) is 0 Å². The van der Waals surface area contributed by atoms with Crippen LogP contribution in [0.4, 0.5) is 0 Å². The lowest BCUT2D eigenvalue weighted by Gasteiger charge is -2.31. The Morgan fingerprint density at radius 1 is 1.50 bits per heavy atom. The van der Waals surface area contributed by atoms with Crippen molar-refractivity contribution in [1.82, 2.24) is 4.90 Å². The molecule has 1 heterocycles. The molecule has 0 aliphatic carbocycles. The normalized spacial score (nSPS) is 19.9. The van der Waals surface area contributed by atoms with Gasteiger partial charge in [0.2, 0.25) is 0 Å². The van der Waals surface area contributed by atoms with Crippen LogP contribution in [-0.2, 0) is 11.3 Å². The minimum absolute atomic E-state index is 0.0876. The molecule has 110 valence electrons. The maximum Gasteiger partial charge on any atom is 0.159 e. The third-order valence-corrected chi connectivity index (χ3v) is 3.49. The minimum atomic E-state index is 0.0876. The molecule has 4 nitrogen and oxygen atoms in total. The van der Waals surface area contributed by atoms with E-state index in [-0.39, 0.29) is 11.9 Å². The van der Waals surface area contributed by atoms with Crippen molar-refractivity contribution in [3.63, 3.8) is 0 Å². The molecule has 0 bridgehead atoms. The van der Waals surface area contributed by atoms with E-state index in [1.165, 1.54) is 0 Å². The van der Waals surface area contributed by atoms with Crippen molar-refractivity contribution in [3.8, 4) is 5.75 Å². The van der Waals surface area contributed by atoms with Crippen molar-refractivity contribution in [2.75, 3.05) is 26.3 Å². The Kier molecular flexibility index (Phi) is 5.15. The summed E-state index contributed by atoms with van der Waals surface area (Å²) in [4.78, 5) is 13.9. The first kappa shape index (κ1) is 15.0. The van der Waals surface area contributed by atoms with Crippen LogP contribution in [0.2, 0.25) is 0 Å². The number of benzene rings is 1. The van der Waals surface area contributed by atoms with Crippen LogP contribution in [0.3, 0.4) is 0 Å². The quantitative estimate of drug-likeness (QED) is 0.775. The summed E-state index contributed by atoms with van der Waals surface area (Å²) in [5, 5.41) is 0. The van der Waals surface area contributed by atoms with Crippen molar-refractivity contribution in [3.05, 3.63) is 29.3 Å². The molecular weight excluding hydrogens is 254 g/mol. The number of Topliss-reactive ketones (excluding diaryl/α,β-unsaturated/α-hetero) is 1. The number of rotatable bonds is 5. The summed E-state index contributed by atoms with van der Waals surface area (Å²) in [6.07, 6.45) is 0.260. The predicted octanol–water partition coefficient (Wildman–Crippen LogP) is 2.51. The third-order valence-electron chi connectivity index (χ3n) is 3.49. The summed E-state index contributed by atoms with van der Waals surface area (Å²) in [6, 6.07) is 5.69. The second kappa shape index (κ2) is 6.86. The molecule has 2 rings (SSSR count). The average molecular weight is 277 g/mol. The first-order chi connectivity index (χ1) is 9.60. The van der Waals surface area contributed by atoms with Crippen molar-refractivity contribution < 1.29 is 14.3 Å². The Morgan fingerprint density at radius 3 is 2.95 bits per heavy atom. The average Bonchev–Trinajstić information content (AvgIpc) is 2.41. The van der Waals surface area contributed by atoms with E-state index in [1.807, 2.05) is 25.1 Å². The van der Waals surface area contributed by atoms with Gasteiger partial charge in [0, 0.05) is 30.8 Å². The summed E-state index contributed by atoms with van der Waals surface area (Å²) in [5.41, 5.74) is 1.82. The second-order valence-electron chi connectivity index (χ2n) is 5.23. The van der Waals surface area contributed by atoms with E-state index < -0.39 is 0 Å². The van der Waals surface area contributed by atoms with Gasteiger partial charge < -0.3 is 9.47 Å². The van der Waals surface area contributed by atoms with Crippen LogP contribution >= 0.6 is 0 Å². The molecule has 0 radical (unpaired) electrons. The van der Waals surface area contributed by atoms with E-state index in [4.69, 9.17) is 9.47 Å². The molecule has 1 atom stereocenters. The van der Waals surface area contributed by atoms with Gasteiger partial charge in [0.05, 0.1) is 19.3 Å². The Bertz CT molecular complexity index is 473. The zero-order valence-electron chi connectivity index (χ0n) is 12.5. The van der Waals surface area contributed by atoms with Crippen molar-refractivity contribution in [1.29, 1.82) is 0 Å². The predicted molar refractivity (Wildman–Crippen MR) is 78.3 cm³/mol. The molecule has 0 spiro atoms. The van der Waals surface area contributed by atoms with Crippen molar-refractivity contribution in [2.24, 2.45) is 0 Å². The van der Waals surface area contributed by atoms with Gasteiger partial charge in [0.25, 0.3) is 0 Å². The summed E-state index contributed by atoms with van der Waals surface area (Å²) >= 11 is 0. The molecule has 1 aliphatic heterocycles. The number of carbonyl (C=O) groups excluding carboxylic acids is 1. The summed E-state index contributed by atoms with van der Waals surface area (Å²) in [7, 11) is 0. The highest BCUT2D eigenvalue weighted by Crippen LogP contribution is 2.23. The topological polar surface area (TPSA) is 38.8 Å². The van der Waals surface area contributed by atoms with Crippen molar-refractivity contribution in [2.45, 2.75) is 33.4 Å². The molecule has 1 fully saturated rings. The van der Waals surface area contributed by atoms with Crippen LogP contribution < -0.4 is 4.74 Å². The standard InChI is InChI=1S/C16H23NO3/c1-4-19-16-6-5-14(13(3)18)9-15(16)11-17-7-8-20-12(2)10-17/h5-6,9,12H,4,7-8,10-11H2,1-3H3. The van der Waals surface area contributed by atoms with Gasteiger partial charge in [-0.05, 0) is 39.0 Å². The highest BCUT2D eigenvalue weighted by molar-refractivity contribution is 5.94. The zero-order chi connectivity index (χ0) is 14.5. The van der Waals surface area contributed by atoms with Gasteiger partial charge >= 0.3 is 0 Å². The SMILES string of the molecule is CCOc1ccc(C(C)=O)cc1CN1CCOC(C)C1. The fourth-order valence-electron chi connectivity index (χ4n) is 2.49. The highest BCUT2D eigenvalue weighted by atomic mass is 16.5. The molecule has 1 unspecified atom stereocenters. The van der Waals surface area contributed by atoms with Gasteiger partial charge in [-0.1, -0.05) is 0 Å². The molecule has 1 saturated heterocycles. The van der Waals surface area contributed by atoms with Gasteiger partial charge in [-0.15, -0.1) is 0 Å². The summed E-state index contributed by atoms with van der Waals surface area (Å²) in [6.45, 7) is 9.67. The zero-order valence-corrected chi connectivity index (χ0v) is 12.5. The maximum atomic E-state index is 11.5. The molecule has 0 amide bonds. The van der Waals surface area contributed by atoms with Gasteiger partial charge in [-0.3, -0.25) is 9.69 Å². The number of morpholine rings is 1. The summed E-state index contributed by atoms with van der Waals surface area (Å²) in [5.74, 6) is 0.960. The van der Waals surface area contributed by atoms with Gasteiger partial charge in [0.15, 0.2) is 5.78 Å². The lowest BCUT2D eigenvalue weighted by molar-refractivity contribution is -0.0214.